The molecule has 0 fully saturated rings. The lowest BCUT2D eigenvalue weighted by Crippen LogP contribution is -2.50. The van der Waals surface area contributed by atoms with Crippen molar-refractivity contribution in [1.82, 2.24) is 9.21 Å². The summed E-state index contributed by atoms with van der Waals surface area (Å²) in [6, 6.07) is 15.1. The zero-order valence-corrected chi connectivity index (χ0v) is 22.2. The number of carbonyl (C=O) groups excluding carboxylic acids is 1. The molecule has 0 bridgehead atoms. The molecule has 1 aliphatic rings. The predicted octanol–water partition coefficient (Wildman–Crippen LogP) is 4.17. The van der Waals surface area contributed by atoms with Crippen molar-refractivity contribution in [2.24, 2.45) is 5.92 Å². The van der Waals surface area contributed by atoms with E-state index >= 15 is 0 Å². The number of amides is 1. The van der Waals surface area contributed by atoms with Gasteiger partial charge in [0.25, 0.3) is 5.91 Å². The first-order chi connectivity index (χ1) is 18.0. The van der Waals surface area contributed by atoms with Crippen molar-refractivity contribution in [2.75, 3.05) is 26.7 Å². The molecule has 1 N–H and O–H groups in total. The zero-order valence-electron chi connectivity index (χ0n) is 21.3. The average molecular weight is 545 g/mol. The number of likely N-dealkylation sites (N-methyl/N-ethyl adjacent to an activating group) is 1. The highest BCUT2D eigenvalue weighted by molar-refractivity contribution is 7.89. The molecular weight excluding hydrogens is 514 g/mol. The molecule has 7 nitrogen and oxygen atoms in total. The van der Waals surface area contributed by atoms with Crippen molar-refractivity contribution < 1.29 is 31.8 Å². The smallest absolute Gasteiger partial charge is 0.253 e. The summed E-state index contributed by atoms with van der Waals surface area (Å²) in [6.07, 6.45) is -0.650. The van der Waals surface area contributed by atoms with Crippen LogP contribution in [0.1, 0.15) is 24.2 Å². The van der Waals surface area contributed by atoms with E-state index in [2.05, 4.69) is 0 Å². The van der Waals surface area contributed by atoms with Crippen LogP contribution in [0.2, 0.25) is 0 Å². The van der Waals surface area contributed by atoms with Crippen LogP contribution in [-0.4, -0.2) is 67.5 Å². The Morgan fingerprint density at radius 2 is 1.74 bits per heavy atom. The van der Waals surface area contributed by atoms with E-state index in [1.807, 2.05) is 0 Å². The maximum Gasteiger partial charge on any atom is 0.253 e. The standard InChI is InChI=1S/C28H30F2N2O5S/c1-18-15-32(19(2)17-33)38(35,36)27-11-10-21(20-6-4-8-23(29)12-20)14-25(27)37-26(18)16-31(3)28(34)22-7-5-9-24(30)13-22/h4-14,18-19,26,33H,15-17H2,1-3H3/t18-,19+,26+/m1/s1. The Morgan fingerprint density at radius 3 is 2.39 bits per heavy atom. The van der Waals surface area contributed by atoms with Gasteiger partial charge in [0, 0.05) is 31.1 Å². The molecule has 1 amide bonds. The minimum Gasteiger partial charge on any atom is -0.487 e. The van der Waals surface area contributed by atoms with Crippen LogP contribution in [0.3, 0.4) is 0 Å². The van der Waals surface area contributed by atoms with Crippen LogP contribution in [0.4, 0.5) is 8.78 Å². The van der Waals surface area contributed by atoms with Crippen LogP contribution >= 0.6 is 0 Å². The van der Waals surface area contributed by atoms with Crippen LogP contribution in [0.25, 0.3) is 11.1 Å². The van der Waals surface area contributed by atoms with Crippen LogP contribution < -0.4 is 4.74 Å². The van der Waals surface area contributed by atoms with Gasteiger partial charge < -0.3 is 14.7 Å². The molecule has 3 atom stereocenters. The van der Waals surface area contributed by atoms with Gasteiger partial charge in [-0.05, 0) is 60.5 Å². The van der Waals surface area contributed by atoms with E-state index < -0.39 is 45.6 Å². The monoisotopic (exact) mass is 544 g/mol. The number of rotatable bonds is 6. The molecule has 4 rings (SSSR count). The third-order valence-electron chi connectivity index (χ3n) is 6.70. The van der Waals surface area contributed by atoms with Gasteiger partial charge in [0.1, 0.15) is 28.4 Å². The summed E-state index contributed by atoms with van der Waals surface area (Å²) in [4.78, 5) is 14.3. The van der Waals surface area contributed by atoms with Gasteiger partial charge in [-0.15, -0.1) is 0 Å². The molecule has 0 radical (unpaired) electrons. The Labute approximate surface area is 221 Å². The highest BCUT2D eigenvalue weighted by Gasteiger charge is 2.38. The van der Waals surface area contributed by atoms with Crippen molar-refractivity contribution in [3.8, 4) is 16.9 Å². The van der Waals surface area contributed by atoms with E-state index in [1.165, 1.54) is 45.6 Å². The van der Waals surface area contributed by atoms with Crippen LogP contribution in [0.5, 0.6) is 5.75 Å². The van der Waals surface area contributed by atoms with Crippen molar-refractivity contribution in [2.45, 2.75) is 30.9 Å². The first-order valence-corrected chi connectivity index (χ1v) is 13.7. The number of fused-ring (bicyclic) bond motifs is 1. The molecule has 38 heavy (non-hydrogen) atoms. The fraction of sp³-hybridized carbons (Fsp3) is 0.321. The van der Waals surface area contributed by atoms with Crippen LogP contribution in [0.15, 0.2) is 71.6 Å². The molecule has 0 spiro atoms. The van der Waals surface area contributed by atoms with E-state index in [0.29, 0.717) is 11.1 Å². The molecule has 202 valence electrons. The second kappa shape index (κ2) is 11.2. The van der Waals surface area contributed by atoms with Crippen molar-refractivity contribution in [1.29, 1.82) is 0 Å². The highest BCUT2D eigenvalue weighted by atomic mass is 32.2. The summed E-state index contributed by atoms with van der Waals surface area (Å²) >= 11 is 0. The Morgan fingerprint density at radius 1 is 1.08 bits per heavy atom. The van der Waals surface area contributed by atoms with E-state index in [-0.39, 0.29) is 35.9 Å². The van der Waals surface area contributed by atoms with Gasteiger partial charge >= 0.3 is 0 Å². The third-order valence-corrected chi connectivity index (χ3v) is 8.72. The molecule has 1 aliphatic heterocycles. The van der Waals surface area contributed by atoms with Crippen molar-refractivity contribution in [3.05, 3.63) is 83.9 Å². The van der Waals surface area contributed by atoms with Gasteiger partial charge in [-0.1, -0.05) is 31.2 Å². The number of carbonyl (C=O) groups is 1. The first-order valence-electron chi connectivity index (χ1n) is 12.2. The number of hydrogen-bond donors (Lipinski definition) is 1. The van der Waals surface area contributed by atoms with Crippen molar-refractivity contribution in [3.63, 3.8) is 0 Å². The van der Waals surface area contributed by atoms with Crippen LogP contribution in [0, 0.1) is 17.6 Å². The largest absolute Gasteiger partial charge is 0.487 e. The lowest BCUT2D eigenvalue weighted by Gasteiger charge is -2.37. The lowest BCUT2D eigenvalue weighted by atomic mass is 10.0. The van der Waals surface area contributed by atoms with E-state index in [1.54, 1.807) is 45.2 Å². The fourth-order valence-corrected chi connectivity index (χ4v) is 6.31. The van der Waals surface area contributed by atoms with Gasteiger partial charge in [0.2, 0.25) is 10.0 Å². The van der Waals surface area contributed by atoms with Crippen molar-refractivity contribution >= 4 is 15.9 Å². The SMILES string of the molecule is C[C@@H]1CN([C@@H](C)CO)S(=O)(=O)c2ccc(-c3cccc(F)c3)cc2O[C@H]1CN(C)C(=O)c1cccc(F)c1. The Bertz CT molecular complexity index is 1430. The summed E-state index contributed by atoms with van der Waals surface area (Å²) < 4.78 is 62.4. The van der Waals surface area contributed by atoms with Gasteiger partial charge in [-0.25, -0.2) is 17.2 Å². The molecule has 1 heterocycles. The molecule has 0 saturated carbocycles. The average Bonchev–Trinajstić information content (AvgIpc) is 2.89. The maximum absolute atomic E-state index is 13.9. The number of aliphatic hydroxyl groups excluding tert-OH is 1. The van der Waals surface area contributed by atoms with E-state index in [9.17, 15) is 27.1 Å². The van der Waals surface area contributed by atoms with Gasteiger partial charge in [-0.3, -0.25) is 4.79 Å². The summed E-state index contributed by atoms with van der Waals surface area (Å²) in [5, 5.41) is 9.81. The number of ether oxygens (including phenoxy) is 1. The van der Waals surface area contributed by atoms with E-state index in [0.717, 1.165) is 6.07 Å². The van der Waals surface area contributed by atoms with E-state index in [4.69, 9.17) is 4.74 Å². The Hall–Kier alpha value is -3.34. The van der Waals surface area contributed by atoms with Gasteiger partial charge in [-0.2, -0.15) is 4.31 Å². The molecular formula is C28H30F2N2O5S. The first kappa shape index (κ1) is 27.7. The third kappa shape index (κ3) is 5.72. The fourth-order valence-electron chi connectivity index (χ4n) is 4.49. The number of aliphatic hydroxyl groups is 1. The number of sulfonamides is 1. The number of nitrogens with zero attached hydrogens (tertiary/aromatic N) is 2. The second-order valence-corrected chi connectivity index (χ2v) is 11.5. The Balaban J connectivity index is 1.75. The predicted molar refractivity (Wildman–Crippen MR) is 139 cm³/mol. The highest BCUT2D eigenvalue weighted by Crippen LogP contribution is 2.36. The maximum atomic E-state index is 13.9. The summed E-state index contributed by atoms with van der Waals surface area (Å²) in [5.41, 5.74) is 1.27. The van der Waals surface area contributed by atoms with Gasteiger partial charge in [0.15, 0.2) is 0 Å². The zero-order chi connectivity index (χ0) is 27.6. The minimum absolute atomic E-state index is 0.0435. The number of halogens is 2. The summed E-state index contributed by atoms with van der Waals surface area (Å²) in [5.74, 6) is -1.71. The quantitative estimate of drug-likeness (QED) is 0.503. The normalized spacial score (nSPS) is 19.9. The molecule has 0 aromatic heterocycles. The molecule has 0 unspecified atom stereocenters. The Kier molecular flexibility index (Phi) is 8.15. The number of hydrogen-bond acceptors (Lipinski definition) is 5. The summed E-state index contributed by atoms with van der Waals surface area (Å²) in [6.45, 7) is 3.16. The second-order valence-electron chi connectivity index (χ2n) is 9.61. The molecule has 10 heteroatoms. The van der Waals surface area contributed by atoms with Crippen LogP contribution in [-0.2, 0) is 10.0 Å². The van der Waals surface area contributed by atoms with Gasteiger partial charge in [0.05, 0.1) is 13.2 Å². The summed E-state index contributed by atoms with van der Waals surface area (Å²) in [7, 11) is -2.49. The topological polar surface area (TPSA) is 87.2 Å². The molecule has 3 aromatic rings. The minimum atomic E-state index is -4.06. The molecule has 3 aromatic carbocycles. The number of benzene rings is 3. The molecule has 0 aliphatic carbocycles. The molecule has 0 saturated heterocycles. The lowest BCUT2D eigenvalue weighted by molar-refractivity contribution is 0.0563.